The van der Waals surface area contributed by atoms with Gasteiger partial charge >= 0.3 is 18.3 Å². The van der Waals surface area contributed by atoms with Gasteiger partial charge in [0.25, 0.3) is 0 Å². The average molecular weight is 619 g/mol. The fourth-order valence-electron chi connectivity index (χ4n) is 5.76. The van der Waals surface area contributed by atoms with Gasteiger partial charge in [0.2, 0.25) is 0 Å². The Morgan fingerprint density at radius 2 is 1.04 bits per heavy atom. The summed E-state index contributed by atoms with van der Waals surface area (Å²) >= 11 is 0. The number of hydrogen-bond donors (Lipinski definition) is 0. The zero-order chi connectivity index (χ0) is 32.9. The van der Waals surface area contributed by atoms with Crippen molar-refractivity contribution in [2.24, 2.45) is 0 Å². The van der Waals surface area contributed by atoms with Crippen LogP contribution < -0.4 is 9.47 Å². The molecule has 234 valence electrons. The quantitative estimate of drug-likeness (QED) is 0.112. The fraction of sp³-hybridized carbons (Fsp3) is 0.237. The van der Waals surface area contributed by atoms with Gasteiger partial charge in [0.1, 0.15) is 22.7 Å². The third kappa shape index (κ3) is 5.86. The van der Waals surface area contributed by atoms with Crippen molar-refractivity contribution < 1.29 is 38.1 Å². The second-order valence-electron chi connectivity index (χ2n) is 13.1. The van der Waals surface area contributed by atoms with Gasteiger partial charge in [0, 0.05) is 16.7 Å². The summed E-state index contributed by atoms with van der Waals surface area (Å²) in [5.41, 5.74) is -0.104. The Morgan fingerprint density at radius 3 is 1.52 bits per heavy atom. The molecule has 1 aliphatic rings. The summed E-state index contributed by atoms with van der Waals surface area (Å²) < 4.78 is 28.1. The Morgan fingerprint density at radius 1 is 0.587 bits per heavy atom. The number of hydrogen-bond acceptors (Lipinski definition) is 8. The molecular formula is C38H34O8. The van der Waals surface area contributed by atoms with E-state index in [1.807, 2.05) is 66.7 Å². The standard InChI is InChI=1S/C38H34O8/c1-36(2,3)45-34(40)42-25-17-19-27-23(21-25)11-9-15-30(27)38(32-14-8-7-13-29(32)33(39)44-38)31-16-10-12-24-22-26(18-20-28(24)31)43-35(41)46-37(4,5)6/h7-22H,1-6H3. The number of cyclic esters (lactones) is 1. The van der Waals surface area contributed by atoms with Crippen LogP contribution in [0.4, 0.5) is 9.59 Å². The molecule has 0 saturated carbocycles. The third-order valence-corrected chi connectivity index (χ3v) is 7.42. The molecule has 0 bridgehead atoms. The summed E-state index contributed by atoms with van der Waals surface area (Å²) in [6, 6.07) is 29.4. The number of carbonyl (C=O) groups is 3. The second kappa shape index (κ2) is 11.2. The van der Waals surface area contributed by atoms with Gasteiger partial charge in [-0.2, -0.15) is 0 Å². The molecule has 5 aromatic rings. The van der Waals surface area contributed by atoms with Gasteiger partial charge in [-0.05, 0) is 93.4 Å². The van der Waals surface area contributed by atoms with E-state index in [-0.39, 0.29) is 0 Å². The first-order chi connectivity index (χ1) is 21.7. The minimum Gasteiger partial charge on any atom is -0.441 e. The monoisotopic (exact) mass is 618 g/mol. The summed E-state index contributed by atoms with van der Waals surface area (Å²) in [5, 5.41) is 3.13. The Bertz CT molecular complexity index is 1900. The molecule has 0 radical (unpaired) electrons. The van der Waals surface area contributed by atoms with E-state index < -0.39 is 35.1 Å². The summed E-state index contributed by atoms with van der Waals surface area (Å²) in [4.78, 5) is 38.3. The van der Waals surface area contributed by atoms with E-state index in [2.05, 4.69) is 0 Å². The largest absolute Gasteiger partial charge is 0.514 e. The van der Waals surface area contributed by atoms with Gasteiger partial charge < -0.3 is 23.7 Å². The van der Waals surface area contributed by atoms with Crippen LogP contribution in [-0.2, 0) is 19.8 Å². The van der Waals surface area contributed by atoms with Crippen LogP contribution in [0.5, 0.6) is 11.5 Å². The maximum absolute atomic E-state index is 13.5. The molecule has 0 amide bonds. The highest BCUT2D eigenvalue weighted by Gasteiger charge is 2.50. The minimum atomic E-state index is -1.33. The SMILES string of the molecule is CC(C)(C)OC(=O)Oc1ccc2c(C3(c4cccc5cc(OC(=O)OC(C)(C)C)ccc45)OC(=O)c4ccccc43)cccc2c1. The van der Waals surface area contributed by atoms with Gasteiger partial charge in [-0.15, -0.1) is 0 Å². The molecule has 1 aliphatic heterocycles. The van der Waals surface area contributed by atoms with Crippen molar-refractivity contribution in [1.82, 2.24) is 0 Å². The summed E-state index contributed by atoms with van der Waals surface area (Å²) in [6.07, 6.45) is -1.60. The molecule has 0 aliphatic carbocycles. The average Bonchev–Trinajstić information content (AvgIpc) is 3.27. The van der Waals surface area contributed by atoms with Gasteiger partial charge in [0.05, 0.1) is 5.56 Å². The molecule has 6 rings (SSSR count). The van der Waals surface area contributed by atoms with Crippen molar-refractivity contribution in [3.63, 3.8) is 0 Å². The molecule has 1 heterocycles. The number of ether oxygens (including phenoxy) is 5. The van der Waals surface area contributed by atoms with Crippen LogP contribution in [-0.4, -0.2) is 29.5 Å². The van der Waals surface area contributed by atoms with E-state index in [0.29, 0.717) is 22.6 Å². The predicted molar refractivity (Wildman–Crippen MR) is 173 cm³/mol. The molecule has 46 heavy (non-hydrogen) atoms. The molecule has 0 saturated heterocycles. The lowest BCUT2D eigenvalue weighted by Crippen LogP contribution is -2.30. The molecule has 0 unspecified atom stereocenters. The number of rotatable bonds is 4. The van der Waals surface area contributed by atoms with Crippen LogP contribution >= 0.6 is 0 Å². The van der Waals surface area contributed by atoms with E-state index in [4.69, 9.17) is 23.7 Å². The topological polar surface area (TPSA) is 97.4 Å². The Balaban J connectivity index is 1.50. The first-order valence-electron chi connectivity index (χ1n) is 14.9. The van der Waals surface area contributed by atoms with Crippen LogP contribution in [0, 0.1) is 0 Å². The van der Waals surface area contributed by atoms with Crippen LogP contribution in [0.2, 0.25) is 0 Å². The van der Waals surface area contributed by atoms with Crippen molar-refractivity contribution in [1.29, 1.82) is 0 Å². The lowest BCUT2D eigenvalue weighted by molar-refractivity contribution is 0.0193. The normalized spacial score (nSPS) is 14.0. The Hall–Kier alpha value is -5.37. The fourth-order valence-corrected chi connectivity index (χ4v) is 5.76. The number of esters is 1. The lowest BCUT2D eigenvalue weighted by Gasteiger charge is -2.32. The lowest BCUT2D eigenvalue weighted by atomic mass is 9.76. The Kier molecular flexibility index (Phi) is 7.47. The molecular weight excluding hydrogens is 584 g/mol. The van der Waals surface area contributed by atoms with Crippen LogP contribution in [0.3, 0.4) is 0 Å². The molecule has 0 aromatic heterocycles. The predicted octanol–water partition coefficient (Wildman–Crippen LogP) is 9.08. The van der Waals surface area contributed by atoms with Gasteiger partial charge in [0.15, 0.2) is 5.60 Å². The van der Waals surface area contributed by atoms with E-state index in [1.165, 1.54) is 0 Å². The zero-order valence-electron chi connectivity index (χ0n) is 26.5. The smallest absolute Gasteiger partial charge is 0.441 e. The number of carbonyl (C=O) groups excluding carboxylic acids is 3. The van der Waals surface area contributed by atoms with Crippen molar-refractivity contribution in [2.45, 2.75) is 58.3 Å². The second-order valence-corrected chi connectivity index (χ2v) is 13.1. The summed E-state index contributed by atoms with van der Waals surface area (Å²) in [6.45, 7) is 10.6. The van der Waals surface area contributed by atoms with Gasteiger partial charge in [-0.1, -0.05) is 66.7 Å². The molecule has 0 fully saturated rings. The van der Waals surface area contributed by atoms with E-state index >= 15 is 0 Å². The van der Waals surface area contributed by atoms with Crippen molar-refractivity contribution in [2.75, 3.05) is 0 Å². The summed E-state index contributed by atoms with van der Waals surface area (Å²) in [5.74, 6) is 0.193. The molecule has 0 atom stereocenters. The highest BCUT2D eigenvalue weighted by atomic mass is 16.7. The molecule has 8 heteroatoms. The zero-order valence-corrected chi connectivity index (χ0v) is 26.5. The third-order valence-electron chi connectivity index (χ3n) is 7.42. The molecule has 0 spiro atoms. The minimum absolute atomic E-state index is 0.319. The Labute approximate surface area is 266 Å². The van der Waals surface area contributed by atoms with E-state index in [0.717, 1.165) is 32.7 Å². The van der Waals surface area contributed by atoms with E-state index in [9.17, 15) is 14.4 Å². The van der Waals surface area contributed by atoms with Crippen molar-refractivity contribution in [3.05, 3.63) is 119 Å². The molecule has 8 nitrogen and oxygen atoms in total. The first-order valence-corrected chi connectivity index (χ1v) is 14.9. The maximum atomic E-state index is 13.5. The van der Waals surface area contributed by atoms with Crippen molar-refractivity contribution in [3.8, 4) is 11.5 Å². The molecule has 5 aromatic carbocycles. The first kappa shape index (κ1) is 30.6. The highest BCUT2D eigenvalue weighted by molar-refractivity contribution is 6.01. The highest BCUT2D eigenvalue weighted by Crippen LogP contribution is 2.51. The van der Waals surface area contributed by atoms with Crippen molar-refractivity contribution >= 4 is 39.8 Å². The van der Waals surface area contributed by atoms with Crippen LogP contribution in [0.15, 0.2) is 97.1 Å². The molecule has 0 N–H and O–H groups in total. The van der Waals surface area contributed by atoms with Crippen LogP contribution in [0.25, 0.3) is 21.5 Å². The maximum Gasteiger partial charge on any atom is 0.514 e. The van der Waals surface area contributed by atoms with E-state index in [1.54, 1.807) is 71.9 Å². The van der Waals surface area contributed by atoms with Gasteiger partial charge in [-0.25, -0.2) is 14.4 Å². The number of fused-ring (bicyclic) bond motifs is 3. The van der Waals surface area contributed by atoms with Gasteiger partial charge in [-0.3, -0.25) is 0 Å². The number of benzene rings is 5. The van der Waals surface area contributed by atoms with Crippen LogP contribution in [0.1, 0.15) is 68.6 Å². The summed E-state index contributed by atoms with van der Waals surface area (Å²) in [7, 11) is 0.